The van der Waals surface area contributed by atoms with Crippen LogP contribution in [0.1, 0.15) is 58.4 Å². The fraction of sp³-hybridized carbons (Fsp3) is 0.452. The van der Waals surface area contributed by atoms with E-state index in [9.17, 15) is 19.5 Å². The van der Waals surface area contributed by atoms with Crippen LogP contribution in [0.15, 0.2) is 66.7 Å². The molecule has 0 saturated carbocycles. The molecule has 2 aliphatic heterocycles. The molecule has 2 N–H and O–H groups in total. The molecule has 208 valence electrons. The molecule has 2 amide bonds. The van der Waals surface area contributed by atoms with Crippen molar-refractivity contribution < 1.29 is 24.2 Å². The molecule has 7 nitrogen and oxygen atoms in total. The Labute approximate surface area is 235 Å². The fourth-order valence-electron chi connectivity index (χ4n) is 5.23. The van der Waals surface area contributed by atoms with Crippen molar-refractivity contribution in [1.29, 1.82) is 0 Å². The van der Waals surface area contributed by atoms with Crippen molar-refractivity contribution in [2.24, 2.45) is 0 Å². The first-order chi connectivity index (χ1) is 18.6. The average molecular weight is 551 g/mol. The molecule has 2 aliphatic rings. The molecule has 2 aromatic rings. The number of hydrogen-bond acceptors (Lipinski definition) is 5. The highest BCUT2D eigenvalue weighted by molar-refractivity contribution is 8.00. The van der Waals surface area contributed by atoms with Crippen LogP contribution in [0, 0.1) is 0 Å². The average Bonchev–Trinajstić information content (AvgIpc) is 3.30. The number of ether oxygens (including phenoxy) is 1. The Bertz CT molecular complexity index is 1190. The Kier molecular flexibility index (Phi) is 9.05. The summed E-state index contributed by atoms with van der Waals surface area (Å²) in [6, 6.07) is 16.5. The van der Waals surface area contributed by atoms with Gasteiger partial charge in [0.15, 0.2) is 0 Å². The lowest BCUT2D eigenvalue weighted by molar-refractivity contribution is -0.149. The van der Waals surface area contributed by atoms with E-state index in [1.165, 1.54) is 4.90 Å². The molecular weight excluding hydrogens is 512 g/mol. The van der Waals surface area contributed by atoms with Crippen LogP contribution in [-0.2, 0) is 19.1 Å². The first-order valence-corrected chi connectivity index (χ1v) is 14.5. The molecule has 0 unspecified atom stereocenters. The largest absolute Gasteiger partial charge is 0.480 e. The lowest BCUT2D eigenvalue weighted by Gasteiger charge is -2.31. The third-order valence-electron chi connectivity index (χ3n) is 7.14. The number of hydrogen-bond donors (Lipinski definition) is 2. The highest BCUT2D eigenvalue weighted by Crippen LogP contribution is 2.48. The molecule has 1 fully saturated rings. The minimum absolute atomic E-state index is 0.249. The number of benzene rings is 2. The number of allylic oxidation sites excluding steroid dienone is 1. The molecule has 0 radical (unpaired) electrons. The SMILES string of the molecule is CC(C)(C)OC(=O)N[C@H]1CCCCC=CCS[C@@]2(c3ccc(-c4ccccc4)cc3)C[C@@H](C(=O)O)N(C2)C1=O. The van der Waals surface area contributed by atoms with Gasteiger partial charge in [-0.05, 0) is 63.1 Å². The fourth-order valence-corrected chi connectivity index (χ4v) is 6.59. The van der Waals surface area contributed by atoms with Gasteiger partial charge in [-0.3, -0.25) is 4.79 Å². The Balaban J connectivity index is 1.67. The van der Waals surface area contributed by atoms with Gasteiger partial charge in [0.2, 0.25) is 5.91 Å². The summed E-state index contributed by atoms with van der Waals surface area (Å²) in [5, 5.41) is 12.9. The highest BCUT2D eigenvalue weighted by Gasteiger charge is 2.51. The summed E-state index contributed by atoms with van der Waals surface area (Å²) < 4.78 is 4.83. The second kappa shape index (κ2) is 12.3. The third-order valence-corrected chi connectivity index (χ3v) is 8.58. The lowest BCUT2D eigenvalue weighted by Crippen LogP contribution is -2.52. The van der Waals surface area contributed by atoms with Crippen LogP contribution in [-0.4, -0.2) is 58.0 Å². The second-order valence-electron chi connectivity index (χ2n) is 11.2. The third kappa shape index (κ3) is 7.24. The number of amides is 2. The summed E-state index contributed by atoms with van der Waals surface area (Å²) in [5.41, 5.74) is 2.46. The zero-order valence-corrected chi connectivity index (χ0v) is 23.7. The maximum absolute atomic E-state index is 13.9. The first-order valence-electron chi connectivity index (χ1n) is 13.6. The van der Waals surface area contributed by atoms with Gasteiger partial charge in [-0.15, -0.1) is 11.8 Å². The van der Waals surface area contributed by atoms with E-state index in [4.69, 9.17) is 4.74 Å². The van der Waals surface area contributed by atoms with Gasteiger partial charge in [-0.1, -0.05) is 73.2 Å². The van der Waals surface area contributed by atoms with Gasteiger partial charge >= 0.3 is 12.1 Å². The number of alkyl carbamates (subject to hydrolysis) is 1. The van der Waals surface area contributed by atoms with E-state index >= 15 is 0 Å². The maximum Gasteiger partial charge on any atom is 0.408 e. The summed E-state index contributed by atoms with van der Waals surface area (Å²) in [7, 11) is 0. The Morgan fingerprint density at radius 1 is 1.03 bits per heavy atom. The van der Waals surface area contributed by atoms with Crippen molar-refractivity contribution in [2.45, 2.75) is 75.3 Å². The van der Waals surface area contributed by atoms with Crippen molar-refractivity contribution in [3.8, 4) is 11.1 Å². The van der Waals surface area contributed by atoms with Crippen molar-refractivity contribution in [1.82, 2.24) is 10.2 Å². The van der Waals surface area contributed by atoms with Crippen molar-refractivity contribution >= 4 is 29.7 Å². The van der Waals surface area contributed by atoms with E-state index in [0.717, 1.165) is 36.0 Å². The number of carboxylic acids is 1. The van der Waals surface area contributed by atoms with Crippen LogP contribution in [0.4, 0.5) is 4.79 Å². The molecule has 0 aliphatic carbocycles. The van der Waals surface area contributed by atoms with Gasteiger partial charge in [-0.25, -0.2) is 9.59 Å². The first kappa shape index (κ1) is 28.7. The minimum Gasteiger partial charge on any atom is -0.480 e. The normalized spacial score (nSPS) is 24.3. The number of nitrogens with one attached hydrogen (secondary N) is 1. The number of fused-ring (bicyclic) bond motifs is 2. The summed E-state index contributed by atoms with van der Waals surface area (Å²) in [5.74, 6) is -0.691. The molecule has 39 heavy (non-hydrogen) atoms. The van der Waals surface area contributed by atoms with Crippen molar-refractivity contribution in [3.63, 3.8) is 0 Å². The zero-order valence-electron chi connectivity index (χ0n) is 22.9. The van der Waals surface area contributed by atoms with Crippen molar-refractivity contribution in [3.05, 3.63) is 72.3 Å². The lowest BCUT2D eigenvalue weighted by atomic mass is 9.93. The molecule has 0 aromatic heterocycles. The van der Waals surface area contributed by atoms with E-state index < -0.39 is 34.5 Å². The molecule has 0 spiro atoms. The molecule has 2 heterocycles. The number of carbonyl (C=O) groups is 3. The quantitative estimate of drug-likeness (QED) is 0.454. The number of thioether (sulfide) groups is 1. The van der Waals surface area contributed by atoms with E-state index in [-0.39, 0.29) is 18.9 Å². The Morgan fingerprint density at radius 3 is 2.38 bits per heavy atom. The topological polar surface area (TPSA) is 95.9 Å². The zero-order chi connectivity index (χ0) is 28.0. The summed E-state index contributed by atoms with van der Waals surface area (Å²) in [6.07, 6.45) is 6.80. The number of aliphatic carboxylic acids is 1. The molecule has 3 atom stereocenters. The van der Waals surface area contributed by atoms with Crippen LogP contribution in [0.25, 0.3) is 11.1 Å². The van der Waals surface area contributed by atoms with E-state index in [1.54, 1.807) is 32.5 Å². The monoisotopic (exact) mass is 550 g/mol. The van der Waals surface area contributed by atoms with Crippen LogP contribution in [0.3, 0.4) is 0 Å². The van der Waals surface area contributed by atoms with Crippen LogP contribution >= 0.6 is 11.8 Å². The molecule has 4 rings (SSSR count). The summed E-state index contributed by atoms with van der Waals surface area (Å²) in [4.78, 5) is 40.5. The van der Waals surface area contributed by atoms with Crippen molar-refractivity contribution in [2.75, 3.05) is 12.3 Å². The Morgan fingerprint density at radius 2 is 1.72 bits per heavy atom. The van der Waals surface area contributed by atoms with Crippen LogP contribution in [0.5, 0.6) is 0 Å². The molecule has 2 aromatic carbocycles. The molecule has 1 saturated heterocycles. The van der Waals surface area contributed by atoms with Gasteiger partial charge < -0.3 is 20.1 Å². The minimum atomic E-state index is -1.04. The predicted molar refractivity (Wildman–Crippen MR) is 155 cm³/mol. The Hall–Kier alpha value is -3.26. The summed E-state index contributed by atoms with van der Waals surface area (Å²) in [6.45, 7) is 5.54. The van der Waals surface area contributed by atoms with Gasteiger partial charge in [-0.2, -0.15) is 0 Å². The van der Waals surface area contributed by atoms with E-state index in [1.807, 2.05) is 18.2 Å². The van der Waals surface area contributed by atoms with Crippen LogP contribution in [0.2, 0.25) is 0 Å². The number of nitrogens with zero attached hydrogens (tertiary/aromatic N) is 1. The molecule has 8 heteroatoms. The highest BCUT2D eigenvalue weighted by atomic mass is 32.2. The van der Waals surface area contributed by atoms with Gasteiger partial charge in [0, 0.05) is 12.3 Å². The standard InChI is InChI=1S/C31H38N2O5S/c1-30(2,3)38-29(37)32-25-14-10-5-4-6-11-19-39-31(20-26(28(35)36)33(21-31)27(25)34)24-17-15-23(16-18-24)22-12-8-7-9-13-22/h6-9,11-13,15-18,25-26H,4-5,10,14,19-21H2,1-3H3,(H,32,37)(H,35,36)/t25-,26-,31-/m0/s1. The van der Waals surface area contributed by atoms with E-state index in [2.05, 4.69) is 53.9 Å². The van der Waals surface area contributed by atoms with Gasteiger partial charge in [0.25, 0.3) is 0 Å². The van der Waals surface area contributed by atoms with E-state index in [0.29, 0.717) is 12.2 Å². The smallest absolute Gasteiger partial charge is 0.408 e. The number of carboxylic acid groups (broad SMARTS) is 1. The van der Waals surface area contributed by atoms with Crippen LogP contribution < -0.4 is 5.32 Å². The van der Waals surface area contributed by atoms with Gasteiger partial charge in [0.1, 0.15) is 17.7 Å². The maximum atomic E-state index is 13.9. The number of rotatable bonds is 4. The van der Waals surface area contributed by atoms with Gasteiger partial charge in [0.05, 0.1) is 4.75 Å². The second-order valence-corrected chi connectivity index (χ2v) is 12.6. The molecule has 2 bridgehead atoms. The molecular formula is C31H38N2O5S. The predicted octanol–water partition coefficient (Wildman–Crippen LogP) is 5.99. The summed E-state index contributed by atoms with van der Waals surface area (Å²) >= 11 is 1.68. The number of carbonyl (C=O) groups excluding carboxylic acids is 2.